The molecule has 2 rings (SSSR count). The van der Waals surface area contributed by atoms with Crippen molar-refractivity contribution >= 4 is 23.1 Å². The van der Waals surface area contributed by atoms with E-state index in [0.29, 0.717) is 22.4 Å². The number of methoxy groups -OCH3 is 3. The summed E-state index contributed by atoms with van der Waals surface area (Å²) in [5.74, 6) is 0.351. The van der Waals surface area contributed by atoms with Gasteiger partial charge in [0.1, 0.15) is 23.3 Å². The van der Waals surface area contributed by atoms with E-state index in [9.17, 15) is 9.59 Å². The van der Waals surface area contributed by atoms with Crippen molar-refractivity contribution in [2.75, 3.05) is 21.3 Å². The lowest BCUT2D eigenvalue weighted by atomic mass is 10.2. The summed E-state index contributed by atoms with van der Waals surface area (Å²) in [5, 5.41) is 0.322. The van der Waals surface area contributed by atoms with Crippen LogP contribution in [0.5, 0.6) is 11.5 Å². The van der Waals surface area contributed by atoms with E-state index < -0.39 is 5.97 Å². The normalized spacial score (nSPS) is 10.8. The van der Waals surface area contributed by atoms with Gasteiger partial charge in [0.05, 0.1) is 26.7 Å². The number of fused-ring (bicyclic) bond motifs is 1. The van der Waals surface area contributed by atoms with Crippen LogP contribution in [0.1, 0.15) is 0 Å². The van der Waals surface area contributed by atoms with Gasteiger partial charge in [0.15, 0.2) is 0 Å². The van der Waals surface area contributed by atoms with Gasteiger partial charge in [-0.3, -0.25) is 9.36 Å². The van der Waals surface area contributed by atoms with Crippen molar-refractivity contribution in [1.29, 1.82) is 0 Å². The molecule has 0 N–H and O–H groups in total. The van der Waals surface area contributed by atoms with Gasteiger partial charge >= 0.3 is 5.97 Å². The Labute approximate surface area is 120 Å². The van der Waals surface area contributed by atoms with Crippen LogP contribution in [-0.2, 0) is 9.53 Å². The van der Waals surface area contributed by atoms with Crippen LogP contribution in [0.2, 0.25) is 0 Å². The topological polar surface area (TPSA) is 79.7 Å². The van der Waals surface area contributed by atoms with Crippen molar-refractivity contribution in [2.24, 2.45) is 0 Å². The van der Waals surface area contributed by atoms with Crippen LogP contribution < -0.4 is 15.0 Å². The fraction of sp³-hybridized carbons (Fsp3) is 0.214. The lowest BCUT2D eigenvalue weighted by molar-refractivity contribution is -0.134. The van der Waals surface area contributed by atoms with Crippen molar-refractivity contribution in [3.8, 4) is 11.5 Å². The zero-order valence-corrected chi connectivity index (χ0v) is 11.8. The maximum absolute atomic E-state index is 12.4. The monoisotopic (exact) mass is 290 g/mol. The Hall–Kier alpha value is -2.83. The van der Waals surface area contributed by atoms with Crippen LogP contribution in [0, 0.1) is 0 Å². The molecule has 2 aromatic rings. The van der Waals surface area contributed by atoms with Crippen molar-refractivity contribution < 1.29 is 19.0 Å². The Morgan fingerprint density at radius 2 is 2.00 bits per heavy atom. The lowest BCUT2D eigenvalue weighted by Crippen LogP contribution is -2.17. The van der Waals surface area contributed by atoms with E-state index in [1.165, 1.54) is 38.4 Å². The second-order valence-electron chi connectivity index (χ2n) is 4.02. The predicted octanol–water partition coefficient (Wildman–Crippen LogP) is 1.06. The summed E-state index contributed by atoms with van der Waals surface area (Å²) in [6.45, 7) is 0. The largest absolute Gasteiger partial charge is 0.497 e. The SMILES string of the molecule is COC(=O)C=Cn1cnc2c(OC)cc(OC)cc2c1=O. The first-order valence-corrected chi connectivity index (χ1v) is 5.99. The molecule has 7 heteroatoms. The molecule has 0 atom stereocenters. The molecule has 0 aliphatic carbocycles. The molecule has 1 aromatic heterocycles. The first-order valence-electron chi connectivity index (χ1n) is 5.99. The highest BCUT2D eigenvalue weighted by atomic mass is 16.5. The van der Waals surface area contributed by atoms with Gasteiger partial charge in [-0.1, -0.05) is 0 Å². The molecule has 21 heavy (non-hydrogen) atoms. The summed E-state index contributed by atoms with van der Waals surface area (Å²) in [5.41, 5.74) is 0.0726. The lowest BCUT2D eigenvalue weighted by Gasteiger charge is -2.08. The average Bonchev–Trinajstić information content (AvgIpc) is 2.52. The smallest absolute Gasteiger partial charge is 0.331 e. The minimum atomic E-state index is -0.565. The van der Waals surface area contributed by atoms with Crippen LogP contribution in [0.3, 0.4) is 0 Å². The van der Waals surface area contributed by atoms with Gasteiger partial charge in [0.25, 0.3) is 5.56 Å². The number of carbonyl (C=O) groups excluding carboxylic acids is 1. The molecule has 110 valence electrons. The van der Waals surface area contributed by atoms with Crippen molar-refractivity contribution in [3.63, 3.8) is 0 Å². The number of ether oxygens (including phenoxy) is 3. The number of aromatic nitrogens is 2. The molecular formula is C14H14N2O5. The summed E-state index contributed by atoms with van der Waals surface area (Å²) >= 11 is 0. The number of benzene rings is 1. The van der Waals surface area contributed by atoms with Gasteiger partial charge in [-0.15, -0.1) is 0 Å². The fourth-order valence-electron chi connectivity index (χ4n) is 1.78. The van der Waals surface area contributed by atoms with Crippen molar-refractivity contribution in [2.45, 2.75) is 0 Å². The predicted molar refractivity (Wildman–Crippen MR) is 76.5 cm³/mol. The number of carbonyl (C=O) groups is 1. The molecule has 7 nitrogen and oxygen atoms in total. The number of esters is 1. The van der Waals surface area contributed by atoms with E-state index in [1.54, 1.807) is 12.1 Å². The molecule has 0 unspecified atom stereocenters. The Bertz CT molecular complexity index is 764. The highest BCUT2D eigenvalue weighted by Crippen LogP contribution is 2.27. The molecule has 0 spiro atoms. The van der Waals surface area contributed by atoms with Crippen LogP contribution in [0.15, 0.2) is 29.3 Å². The maximum atomic E-state index is 12.4. The van der Waals surface area contributed by atoms with Gasteiger partial charge in [0, 0.05) is 18.3 Å². The molecule has 0 aliphatic rings. The van der Waals surface area contributed by atoms with Gasteiger partial charge < -0.3 is 14.2 Å². The van der Waals surface area contributed by atoms with E-state index in [0.717, 1.165) is 6.08 Å². The van der Waals surface area contributed by atoms with Crippen LogP contribution >= 0.6 is 0 Å². The minimum absolute atomic E-state index is 0.322. The molecule has 1 aromatic carbocycles. The first-order chi connectivity index (χ1) is 10.1. The van der Waals surface area contributed by atoms with Crippen molar-refractivity contribution in [3.05, 3.63) is 34.9 Å². The fourth-order valence-corrected chi connectivity index (χ4v) is 1.78. The Morgan fingerprint density at radius 3 is 2.62 bits per heavy atom. The Kier molecular flexibility index (Phi) is 4.22. The summed E-state index contributed by atoms with van der Waals surface area (Å²) in [6, 6.07) is 3.21. The third kappa shape index (κ3) is 2.86. The summed E-state index contributed by atoms with van der Waals surface area (Å²) in [4.78, 5) is 27.6. The highest BCUT2D eigenvalue weighted by Gasteiger charge is 2.10. The van der Waals surface area contributed by atoms with Gasteiger partial charge in [-0.2, -0.15) is 0 Å². The second-order valence-corrected chi connectivity index (χ2v) is 4.02. The average molecular weight is 290 g/mol. The van der Waals surface area contributed by atoms with E-state index in [2.05, 4.69) is 9.72 Å². The Morgan fingerprint density at radius 1 is 1.24 bits per heavy atom. The molecule has 0 fully saturated rings. The molecule has 1 heterocycles. The number of nitrogens with zero attached hydrogens (tertiary/aromatic N) is 2. The zero-order chi connectivity index (χ0) is 15.4. The third-order valence-electron chi connectivity index (χ3n) is 2.85. The zero-order valence-electron chi connectivity index (χ0n) is 11.8. The highest BCUT2D eigenvalue weighted by molar-refractivity contribution is 5.87. The standard InChI is InChI=1S/C14H14N2O5/c1-19-9-6-10-13(11(7-9)20-2)15-8-16(14(10)18)5-4-12(17)21-3/h4-8H,1-3H3. The number of rotatable bonds is 4. The first kappa shape index (κ1) is 14.6. The maximum Gasteiger partial charge on any atom is 0.331 e. The van der Waals surface area contributed by atoms with E-state index >= 15 is 0 Å². The Balaban J connectivity index is 2.63. The number of hydrogen-bond acceptors (Lipinski definition) is 6. The van der Waals surface area contributed by atoms with Crippen LogP contribution in [0.4, 0.5) is 0 Å². The van der Waals surface area contributed by atoms with E-state index in [-0.39, 0.29) is 5.56 Å². The quantitative estimate of drug-likeness (QED) is 0.618. The molecule has 0 saturated carbocycles. The molecule has 0 saturated heterocycles. The van der Waals surface area contributed by atoms with Crippen LogP contribution in [-0.4, -0.2) is 36.8 Å². The van der Waals surface area contributed by atoms with E-state index in [4.69, 9.17) is 9.47 Å². The molecule has 0 amide bonds. The summed E-state index contributed by atoms with van der Waals surface area (Å²) in [7, 11) is 4.23. The molecule has 0 aliphatic heterocycles. The summed E-state index contributed by atoms with van der Waals surface area (Å²) in [6.07, 6.45) is 3.72. The molecule has 0 bridgehead atoms. The van der Waals surface area contributed by atoms with Gasteiger partial charge in [0.2, 0.25) is 0 Å². The number of hydrogen-bond donors (Lipinski definition) is 0. The third-order valence-corrected chi connectivity index (χ3v) is 2.85. The van der Waals surface area contributed by atoms with Crippen molar-refractivity contribution in [1.82, 2.24) is 9.55 Å². The van der Waals surface area contributed by atoms with Gasteiger partial charge in [-0.25, -0.2) is 9.78 Å². The van der Waals surface area contributed by atoms with Gasteiger partial charge in [-0.05, 0) is 6.07 Å². The van der Waals surface area contributed by atoms with Crippen LogP contribution in [0.25, 0.3) is 17.1 Å². The minimum Gasteiger partial charge on any atom is -0.497 e. The molecule has 0 radical (unpaired) electrons. The molecular weight excluding hydrogens is 276 g/mol. The summed E-state index contributed by atoms with van der Waals surface area (Å²) < 4.78 is 16.0. The second kappa shape index (κ2) is 6.08. The van der Waals surface area contributed by atoms with E-state index in [1.807, 2.05) is 0 Å².